The molecule has 0 amide bonds. The predicted octanol–water partition coefficient (Wildman–Crippen LogP) is 2.94. The maximum Gasteiger partial charge on any atom is 0.441 e. The normalized spacial score (nSPS) is 25.6. The van der Waals surface area contributed by atoms with Crippen molar-refractivity contribution in [3.63, 3.8) is 0 Å². The number of guanidine groups is 1. The minimum atomic E-state index is -4.17. The molecule has 1 unspecified atom stereocenters. The monoisotopic (exact) mass is 453 g/mol. The average molecular weight is 453 g/mol. The lowest BCUT2D eigenvalue weighted by atomic mass is 9.87. The first-order valence-electron chi connectivity index (χ1n) is 7.26. The number of hydrogen-bond acceptors (Lipinski definition) is 3. The number of alkyl halides is 3. The quantitative estimate of drug-likeness (QED) is 0.308. The number of rotatable bonds is 4. The van der Waals surface area contributed by atoms with Gasteiger partial charge >= 0.3 is 5.51 Å². The fourth-order valence-electron chi connectivity index (χ4n) is 2.83. The van der Waals surface area contributed by atoms with Gasteiger partial charge in [-0.3, -0.25) is 4.99 Å². The Morgan fingerprint density at radius 2 is 2.18 bits per heavy atom. The highest BCUT2D eigenvalue weighted by Gasteiger charge is 2.42. The summed E-state index contributed by atoms with van der Waals surface area (Å²) in [6.07, 6.45) is 2.13. The molecule has 0 aromatic heterocycles. The molecule has 9 heteroatoms. The van der Waals surface area contributed by atoms with Crippen molar-refractivity contribution in [1.82, 2.24) is 10.2 Å². The fourth-order valence-corrected chi connectivity index (χ4v) is 3.24. The molecule has 0 aliphatic carbocycles. The molecule has 2 saturated heterocycles. The molecule has 2 rings (SSSR count). The predicted molar refractivity (Wildman–Crippen MR) is 94.0 cm³/mol. The van der Waals surface area contributed by atoms with Gasteiger partial charge in [-0.15, -0.1) is 24.0 Å². The highest BCUT2D eigenvalue weighted by atomic mass is 127. The Balaban J connectivity index is 0.00000242. The lowest BCUT2D eigenvalue weighted by Crippen LogP contribution is -2.41. The van der Waals surface area contributed by atoms with Gasteiger partial charge in [0.15, 0.2) is 5.96 Å². The molecule has 2 heterocycles. The number of hydrogen-bond donors (Lipinski definition) is 1. The molecule has 1 N–H and O–H groups in total. The van der Waals surface area contributed by atoms with Crippen molar-refractivity contribution in [3.05, 3.63) is 0 Å². The number of ether oxygens (including phenoxy) is 1. The van der Waals surface area contributed by atoms with Crippen LogP contribution in [0.3, 0.4) is 0 Å². The van der Waals surface area contributed by atoms with Crippen molar-refractivity contribution in [2.75, 3.05) is 45.1 Å². The summed E-state index contributed by atoms with van der Waals surface area (Å²) >= 11 is -0.0184. The van der Waals surface area contributed by atoms with Crippen LogP contribution in [0.1, 0.15) is 19.8 Å². The molecule has 0 bridgehead atoms. The van der Waals surface area contributed by atoms with E-state index in [0.717, 1.165) is 45.1 Å². The van der Waals surface area contributed by atoms with Crippen LogP contribution in [-0.4, -0.2) is 61.5 Å². The van der Waals surface area contributed by atoms with E-state index >= 15 is 0 Å². The molecule has 4 nitrogen and oxygen atoms in total. The van der Waals surface area contributed by atoms with Gasteiger partial charge < -0.3 is 15.0 Å². The molecule has 1 atom stereocenters. The van der Waals surface area contributed by atoms with Gasteiger partial charge in [-0.25, -0.2) is 0 Å². The van der Waals surface area contributed by atoms with Gasteiger partial charge in [0.25, 0.3) is 0 Å². The molecule has 0 aromatic carbocycles. The van der Waals surface area contributed by atoms with Gasteiger partial charge in [0, 0.05) is 37.4 Å². The van der Waals surface area contributed by atoms with E-state index < -0.39 is 5.51 Å². The van der Waals surface area contributed by atoms with E-state index in [1.807, 2.05) is 6.92 Å². The van der Waals surface area contributed by atoms with E-state index in [1.54, 1.807) is 0 Å². The molecule has 1 spiro atoms. The Labute approximate surface area is 150 Å². The zero-order chi connectivity index (χ0) is 15.3. The van der Waals surface area contributed by atoms with Gasteiger partial charge in [0.2, 0.25) is 0 Å². The second-order valence-corrected chi connectivity index (χ2v) is 6.66. The van der Waals surface area contributed by atoms with Crippen LogP contribution in [-0.2, 0) is 4.74 Å². The lowest BCUT2D eigenvalue weighted by molar-refractivity contribution is -0.0327. The first-order chi connectivity index (χ1) is 9.94. The van der Waals surface area contributed by atoms with Gasteiger partial charge in [-0.1, -0.05) is 0 Å². The molecule has 0 radical (unpaired) electrons. The molecule has 22 heavy (non-hydrogen) atoms. The highest BCUT2D eigenvalue weighted by Crippen LogP contribution is 2.38. The van der Waals surface area contributed by atoms with Gasteiger partial charge in [-0.05, 0) is 31.5 Å². The van der Waals surface area contributed by atoms with Crippen LogP contribution in [0.2, 0.25) is 0 Å². The Morgan fingerprint density at radius 3 is 2.77 bits per heavy atom. The smallest absolute Gasteiger partial charge is 0.381 e. The van der Waals surface area contributed by atoms with Gasteiger partial charge in [0.1, 0.15) is 0 Å². The number of aliphatic imine (C=N–C) groups is 1. The van der Waals surface area contributed by atoms with Crippen LogP contribution >= 0.6 is 35.7 Å². The van der Waals surface area contributed by atoms with Crippen molar-refractivity contribution < 1.29 is 17.9 Å². The maximum absolute atomic E-state index is 12.1. The van der Waals surface area contributed by atoms with E-state index in [0.29, 0.717) is 6.54 Å². The number of thioether (sulfide) groups is 1. The molecule has 2 aliphatic heterocycles. The molecule has 130 valence electrons. The van der Waals surface area contributed by atoms with E-state index in [2.05, 4.69) is 15.2 Å². The largest absolute Gasteiger partial charge is 0.441 e. The average Bonchev–Trinajstić information content (AvgIpc) is 3.03. The minimum Gasteiger partial charge on any atom is -0.381 e. The Bertz CT molecular complexity index is 376. The summed E-state index contributed by atoms with van der Waals surface area (Å²) in [6, 6.07) is 0. The van der Waals surface area contributed by atoms with Crippen molar-refractivity contribution in [3.8, 4) is 0 Å². The van der Waals surface area contributed by atoms with Crippen LogP contribution in [0.25, 0.3) is 0 Å². The van der Waals surface area contributed by atoms with E-state index in [4.69, 9.17) is 4.74 Å². The fraction of sp³-hybridized carbons (Fsp3) is 0.923. The highest BCUT2D eigenvalue weighted by molar-refractivity contribution is 14.0. The summed E-state index contributed by atoms with van der Waals surface area (Å²) in [6.45, 7) is 6.21. The summed E-state index contributed by atoms with van der Waals surface area (Å²) in [4.78, 5) is 6.47. The number of likely N-dealkylation sites (tertiary alicyclic amines) is 1. The summed E-state index contributed by atoms with van der Waals surface area (Å²) in [7, 11) is 0. The van der Waals surface area contributed by atoms with Crippen LogP contribution in [0, 0.1) is 5.41 Å². The standard InChI is InChI=1S/C13H22F3N3OS.HI/c1-2-17-11(18-5-8-21-13(14,15)16)19-6-3-12(9-19)4-7-20-10-12;/h2-10H2,1H3,(H,17,18);1H. The Kier molecular flexibility index (Phi) is 8.07. The van der Waals surface area contributed by atoms with Crippen molar-refractivity contribution >= 4 is 41.7 Å². The number of halogens is 4. The Morgan fingerprint density at radius 1 is 1.41 bits per heavy atom. The zero-order valence-corrected chi connectivity index (χ0v) is 15.8. The molecule has 0 saturated carbocycles. The molecule has 2 fully saturated rings. The summed E-state index contributed by atoms with van der Waals surface area (Å²) in [5, 5.41) is 3.17. The molecule has 2 aliphatic rings. The third-order valence-corrected chi connectivity index (χ3v) is 4.59. The third kappa shape index (κ3) is 5.95. The topological polar surface area (TPSA) is 36.9 Å². The summed E-state index contributed by atoms with van der Waals surface area (Å²) in [5.41, 5.74) is -3.95. The van der Waals surface area contributed by atoms with Crippen molar-refractivity contribution in [2.45, 2.75) is 25.3 Å². The van der Waals surface area contributed by atoms with Crippen molar-refractivity contribution in [1.29, 1.82) is 0 Å². The summed E-state index contributed by atoms with van der Waals surface area (Å²) in [5.74, 6) is 0.685. The van der Waals surface area contributed by atoms with Crippen LogP contribution in [0.15, 0.2) is 4.99 Å². The minimum absolute atomic E-state index is 0. The Hall–Kier alpha value is 0.1000. The number of nitrogens with zero attached hydrogens (tertiary/aromatic N) is 2. The SMILES string of the molecule is CCNC(=NCCSC(F)(F)F)N1CCC2(CCOC2)C1.I. The van der Waals surface area contributed by atoms with Crippen LogP contribution in [0.4, 0.5) is 13.2 Å². The zero-order valence-electron chi connectivity index (χ0n) is 12.6. The molecular formula is C13H23F3IN3OS. The first-order valence-corrected chi connectivity index (χ1v) is 8.24. The van der Waals surface area contributed by atoms with E-state index in [-0.39, 0.29) is 53.5 Å². The molecular weight excluding hydrogens is 430 g/mol. The summed E-state index contributed by atoms with van der Waals surface area (Å²) < 4.78 is 41.8. The maximum atomic E-state index is 12.1. The molecule has 0 aromatic rings. The second kappa shape index (κ2) is 8.81. The first kappa shape index (κ1) is 20.1. The van der Waals surface area contributed by atoms with Crippen molar-refractivity contribution in [2.24, 2.45) is 10.4 Å². The second-order valence-electron chi connectivity index (χ2n) is 5.50. The lowest BCUT2D eigenvalue weighted by Gasteiger charge is -2.25. The number of nitrogens with one attached hydrogen (secondary N) is 1. The van der Waals surface area contributed by atoms with E-state index in [1.165, 1.54) is 0 Å². The van der Waals surface area contributed by atoms with Crippen LogP contribution in [0.5, 0.6) is 0 Å². The van der Waals surface area contributed by atoms with Crippen LogP contribution < -0.4 is 5.32 Å². The van der Waals surface area contributed by atoms with Gasteiger partial charge in [-0.2, -0.15) is 13.2 Å². The van der Waals surface area contributed by atoms with Gasteiger partial charge in [0.05, 0.1) is 13.2 Å². The van der Waals surface area contributed by atoms with E-state index in [9.17, 15) is 13.2 Å². The third-order valence-electron chi connectivity index (χ3n) is 3.88.